The van der Waals surface area contributed by atoms with Crippen LogP contribution in [0.1, 0.15) is 5.56 Å². The smallest absolute Gasteiger partial charge is 0.0991 e. The molecular weight excluding hydrogens is 162 g/mol. The van der Waals surface area contributed by atoms with E-state index in [1.54, 1.807) is 12.1 Å². The third-order valence-electron chi connectivity index (χ3n) is 2.00. The summed E-state index contributed by atoms with van der Waals surface area (Å²) in [6, 6.07) is 12.5. The summed E-state index contributed by atoms with van der Waals surface area (Å²) in [4.78, 5) is 0. The van der Waals surface area contributed by atoms with Gasteiger partial charge in [-0.15, -0.1) is 0 Å². The molecule has 2 aromatic carbocycles. The van der Waals surface area contributed by atoms with Gasteiger partial charge in [0.2, 0.25) is 0 Å². The van der Waals surface area contributed by atoms with Crippen LogP contribution in [0.25, 0.3) is 10.8 Å². The summed E-state index contributed by atoms with van der Waals surface area (Å²) in [6.07, 6.45) is 0. The predicted molar refractivity (Wildman–Crippen MR) is 48.1 cm³/mol. The summed E-state index contributed by atoms with van der Waals surface area (Å²) in [7, 11) is 0. The minimum absolute atomic E-state index is 0.207. The Morgan fingerprint density at radius 1 is 1.08 bits per heavy atom. The quantitative estimate of drug-likeness (QED) is 0.602. The third-order valence-corrected chi connectivity index (χ3v) is 2.00. The Labute approximate surface area is 75.7 Å². The Morgan fingerprint density at radius 3 is 2.62 bits per heavy atom. The van der Waals surface area contributed by atoms with Gasteiger partial charge in [0.15, 0.2) is 0 Å². The van der Waals surface area contributed by atoms with E-state index in [1.165, 1.54) is 6.07 Å². The van der Waals surface area contributed by atoms with Gasteiger partial charge in [-0.25, -0.2) is 0 Å². The number of hydrogen-bond donors (Lipinski definition) is 0. The van der Waals surface area contributed by atoms with Crippen LogP contribution in [0.5, 0.6) is 5.75 Å². The summed E-state index contributed by atoms with van der Waals surface area (Å²) < 4.78 is 0. The first kappa shape index (κ1) is 7.63. The van der Waals surface area contributed by atoms with Gasteiger partial charge in [-0.05, 0) is 10.8 Å². The zero-order valence-electron chi connectivity index (χ0n) is 6.82. The van der Waals surface area contributed by atoms with E-state index in [4.69, 9.17) is 5.26 Å². The van der Waals surface area contributed by atoms with Crippen molar-refractivity contribution in [1.82, 2.24) is 0 Å². The van der Waals surface area contributed by atoms with Crippen molar-refractivity contribution in [2.75, 3.05) is 0 Å². The van der Waals surface area contributed by atoms with Gasteiger partial charge in [0, 0.05) is 0 Å². The minimum atomic E-state index is -0.207. The largest absolute Gasteiger partial charge is 0.872 e. The second-order valence-electron chi connectivity index (χ2n) is 2.77. The van der Waals surface area contributed by atoms with Crippen LogP contribution in [0.2, 0.25) is 0 Å². The molecule has 0 unspecified atom stereocenters. The summed E-state index contributed by atoms with van der Waals surface area (Å²) >= 11 is 0. The molecule has 2 rings (SSSR count). The van der Waals surface area contributed by atoms with Gasteiger partial charge in [0.25, 0.3) is 0 Å². The van der Waals surface area contributed by atoms with E-state index in [0.717, 1.165) is 10.8 Å². The highest BCUT2D eigenvalue weighted by atomic mass is 16.3. The van der Waals surface area contributed by atoms with Crippen LogP contribution in [0.15, 0.2) is 36.4 Å². The zero-order valence-corrected chi connectivity index (χ0v) is 6.82. The number of rotatable bonds is 0. The van der Waals surface area contributed by atoms with Crippen molar-refractivity contribution in [2.45, 2.75) is 0 Å². The highest BCUT2D eigenvalue weighted by Gasteiger charge is 1.98. The lowest BCUT2D eigenvalue weighted by molar-refractivity contribution is -0.268. The zero-order chi connectivity index (χ0) is 9.26. The molecule has 0 fully saturated rings. The summed E-state index contributed by atoms with van der Waals surface area (Å²) in [5.41, 5.74) is 0.234. The van der Waals surface area contributed by atoms with E-state index in [9.17, 15) is 5.11 Å². The van der Waals surface area contributed by atoms with Crippen LogP contribution in [0.3, 0.4) is 0 Å². The summed E-state index contributed by atoms with van der Waals surface area (Å²) in [6.45, 7) is 0. The number of hydrogen-bond acceptors (Lipinski definition) is 2. The molecule has 2 nitrogen and oxygen atoms in total. The molecule has 0 aliphatic heterocycles. The van der Waals surface area contributed by atoms with Gasteiger partial charge in [0.05, 0.1) is 11.6 Å². The fourth-order valence-corrected chi connectivity index (χ4v) is 1.37. The van der Waals surface area contributed by atoms with Crippen molar-refractivity contribution >= 4 is 10.8 Å². The first-order valence-corrected chi connectivity index (χ1v) is 3.92. The van der Waals surface area contributed by atoms with E-state index in [0.29, 0.717) is 0 Å². The highest BCUT2D eigenvalue weighted by molar-refractivity contribution is 5.89. The standard InChI is InChI=1S/C11H7NO/c12-7-10-9-4-2-1-3-8(9)5-6-11(10)13/h1-6,13H/p-1. The molecule has 2 heteroatoms. The normalized spacial score (nSPS) is 9.77. The monoisotopic (exact) mass is 168 g/mol. The van der Waals surface area contributed by atoms with E-state index < -0.39 is 0 Å². The molecular formula is C11H6NO-. The van der Waals surface area contributed by atoms with Crippen LogP contribution < -0.4 is 5.11 Å². The van der Waals surface area contributed by atoms with Crippen LogP contribution in [0, 0.1) is 11.3 Å². The maximum atomic E-state index is 11.2. The van der Waals surface area contributed by atoms with Gasteiger partial charge in [-0.2, -0.15) is 5.26 Å². The molecule has 0 atom stereocenters. The molecule has 0 aliphatic rings. The van der Waals surface area contributed by atoms with Crippen molar-refractivity contribution in [1.29, 1.82) is 5.26 Å². The minimum Gasteiger partial charge on any atom is -0.872 e. The average molecular weight is 168 g/mol. The summed E-state index contributed by atoms with van der Waals surface area (Å²) in [5, 5.41) is 21.7. The lowest BCUT2D eigenvalue weighted by Gasteiger charge is -2.09. The van der Waals surface area contributed by atoms with Crippen LogP contribution >= 0.6 is 0 Å². The Bertz CT molecular complexity index is 497. The number of benzene rings is 2. The molecule has 62 valence electrons. The molecule has 0 bridgehead atoms. The number of nitrogens with zero attached hydrogens (tertiary/aromatic N) is 1. The third kappa shape index (κ3) is 1.11. The van der Waals surface area contributed by atoms with Gasteiger partial charge >= 0.3 is 0 Å². The number of nitriles is 1. The van der Waals surface area contributed by atoms with Crippen molar-refractivity contribution in [3.8, 4) is 11.8 Å². The van der Waals surface area contributed by atoms with Gasteiger partial charge in [-0.3, -0.25) is 0 Å². The molecule has 0 amide bonds. The van der Waals surface area contributed by atoms with Crippen molar-refractivity contribution < 1.29 is 5.11 Å². The molecule has 0 heterocycles. The molecule has 0 aromatic heterocycles. The van der Waals surface area contributed by atoms with E-state index in [2.05, 4.69) is 0 Å². The average Bonchev–Trinajstić information content (AvgIpc) is 2.18. The molecule has 0 N–H and O–H groups in total. The second kappa shape index (κ2) is 2.80. The molecule has 2 aromatic rings. The van der Waals surface area contributed by atoms with Crippen molar-refractivity contribution in [2.24, 2.45) is 0 Å². The maximum absolute atomic E-state index is 11.2. The number of fused-ring (bicyclic) bond motifs is 1. The Kier molecular flexibility index (Phi) is 1.64. The highest BCUT2D eigenvalue weighted by Crippen LogP contribution is 2.23. The van der Waals surface area contributed by atoms with Gasteiger partial charge in [0.1, 0.15) is 0 Å². The Balaban J connectivity index is 2.94. The second-order valence-corrected chi connectivity index (χ2v) is 2.77. The topological polar surface area (TPSA) is 46.8 Å². The Hall–Kier alpha value is -2.01. The fraction of sp³-hybridized carbons (Fsp3) is 0. The molecule has 13 heavy (non-hydrogen) atoms. The first-order valence-electron chi connectivity index (χ1n) is 3.92. The van der Waals surface area contributed by atoms with Crippen LogP contribution in [-0.4, -0.2) is 0 Å². The van der Waals surface area contributed by atoms with Gasteiger partial charge in [-0.1, -0.05) is 42.1 Å². The fourth-order valence-electron chi connectivity index (χ4n) is 1.37. The summed E-state index contributed by atoms with van der Waals surface area (Å²) in [5.74, 6) is -0.207. The van der Waals surface area contributed by atoms with E-state index in [-0.39, 0.29) is 11.3 Å². The SMILES string of the molecule is N#Cc1c([O-])ccc2ccccc12. The van der Waals surface area contributed by atoms with Crippen LogP contribution in [-0.2, 0) is 0 Å². The Morgan fingerprint density at radius 2 is 1.85 bits per heavy atom. The lowest BCUT2D eigenvalue weighted by atomic mass is 10.0. The predicted octanol–water partition coefficient (Wildman–Crippen LogP) is 1.79. The maximum Gasteiger partial charge on any atom is 0.0991 e. The van der Waals surface area contributed by atoms with E-state index in [1.807, 2.05) is 24.3 Å². The van der Waals surface area contributed by atoms with Crippen LogP contribution in [0.4, 0.5) is 0 Å². The molecule has 0 spiro atoms. The van der Waals surface area contributed by atoms with Crippen molar-refractivity contribution in [3.63, 3.8) is 0 Å². The van der Waals surface area contributed by atoms with Crippen molar-refractivity contribution in [3.05, 3.63) is 42.0 Å². The molecule has 0 saturated carbocycles. The lowest BCUT2D eigenvalue weighted by Crippen LogP contribution is -1.93. The molecule has 0 aliphatic carbocycles. The molecule has 0 saturated heterocycles. The van der Waals surface area contributed by atoms with Gasteiger partial charge < -0.3 is 5.11 Å². The van der Waals surface area contributed by atoms with E-state index >= 15 is 0 Å². The first-order chi connectivity index (χ1) is 6.33. The molecule has 0 radical (unpaired) electrons.